The third-order valence-corrected chi connectivity index (χ3v) is 6.12. The van der Waals surface area contributed by atoms with E-state index in [9.17, 15) is 8.42 Å². The molecule has 2 N–H and O–H groups in total. The Labute approximate surface area is 171 Å². The van der Waals surface area contributed by atoms with Gasteiger partial charge < -0.3 is 15.5 Å². The molecule has 0 atom stereocenters. The number of hydrogen-bond acceptors (Lipinski definition) is 4. The Balaban J connectivity index is 0.00000576. The van der Waals surface area contributed by atoms with Crippen LogP contribution in [-0.2, 0) is 10.0 Å². The van der Waals surface area contributed by atoms with Gasteiger partial charge in [-0.1, -0.05) is 6.42 Å². The van der Waals surface area contributed by atoms with Crippen molar-refractivity contribution >= 4 is 40.0 Å². The minimum atomic E-state index is -3.09. The van der Waals surface area contributed by atoms with Gasteiger partial charge in [0, 0.05) is 39.8 Å². The highest BCUT2D eigenvalue weighted by Crippen LogP contribution is 2.07. The number of aliphatic imine (C=N–C) groups is 1. The Kier molecular flexibility index (Phi) is 13.9. The predicted octanol–water partition coefficient (Wildman–Crippen LogP) is 1.32. The van der Waals surface area contributed by atoms with E-state index >= 15 is 0 Å². The summed E-state index contributed by atoms with van der Waals surface area (Å²) >= 11 is 0. The molecule has 0 bridgehead atoms. The van der Waals surface area contributed by atoms with Gasteiger partial charge in [-0.25, -0.2) is 12.7 Å². The molecule has 0 unspecified atom stereocenters. The van der Waals surface area contributed by atoms with E-state index < -0.39 is 10.0 Å². The maximum Gasteiger partial charge on any atom is 0.213 e. The third kappa shape index (κ3) is 10.6. The topological polar surface area (TPSA) is 77.0 Å². The summed E-state index contributed by atoms with van der Waals surface area (Å²) in [5.74, 6) is 0.962. The van der Waals surface area contributed by atoms with Gasteiger partial charge in [0.15, 0.2) is 5.96 Å². The van der Waals surface area contributed by atoms with Gasteiger partial charge in [-0.2, -0.15) is 0 Å². The molecule has 0 aromatic carbocycles. The lowest BCUT2D eigenvalue weighted by Crippen LogP contribution is -2.42. The zero-order valence-corrected chi connectivity index (χ0v) is 19.1. The van der Waals surface area contributed by atoms with Crippen molar-refractivity contribution in [1.29, 1.82) is 0 Å². The van der Waals surface area contributed by atoms with Crippen LogP contribution in [0.4, 0.5) is 0 Å². The fraction of sp³-hybridized carbons (Fsp3) is 0.938. The summed E-state index contributed by atoms with van der Waals surface area (Å²) in [6.45, 7) is 9.98. The molecule has 0 spiro atoms. The van der Waals surface area contributed by atoms with Crippen LogP contribution < -0.4 is 10.6 Å². The highest BCUT2D eigenvalue weighted by Gasteiger charge is 2.14. The number of rotatable bonds is 10. The Morgan fingerprint density at radius 1 is 1.16 bits per heavy atom. The molecule has 25 heavy (non-hydrogen) atoms. The second-order valence-electron chi connectivity index (χ2n) is 6.17. The molecule has 0 amide bonds. The largest absolute Gasteiger partial charge is 0.357 e. The number of nitrogens with zero attached hydrogens (tertiary/aromatic N) is 3. The average Bonchev–Trinajstić information content (AvgIpc) is 2.59. The number of sulfonamides is 1. The van der Waals surface area contributed by atoms with Gasteiger partial charge in [0.2, 0.25) is 10.0 Å². The van der Waals surface area contributed by atoms with Gasteiger partial charge >= 0.3 is 0 Å². The van der Waals surface area contributed by atoms with Crippen LogP contribution in [0.25, 0.3) is 0 Å². The fourth-order valence-electron chi connectivity index (χ4n) is 2.70. The quantitative estimate of drug-likeness (QED) is 0.210. The van der Waals surface area contributed by atoms with Gasteiger partial charge in [0.1, 0.15) is 0 Å². The number of hydrogen-bond donors (Lipinski definition) is 2. The van der Waals surface area contributed by atoms with Crippen LogP contribution in [0.15, 0.2) is 4.99 Å². The van der Waals surface area contributed by atoms with Crippen molar-refractivity contribution < 1.29 is 8.42 Å². The van der Waals surface area contributed by atoms with E-state index in [-0.39, 0.29) is 29.7 Å². The van der Waals surface area contributed by atoms with Crippen LogP contribution in [0, 0.1) is 0 Å². The SMILES string of the molecule is CCNC(=NCCCN(C)S(=O)(=O)CC)NCCN1CCCCC1.I. The summed E-state index contributed by atoms with van der Waals surface area (Å²) in [5, 5.41) is 6.60. The minimum absolute atomic E-state index is 0. The number of likely N-dealkylation sites (tertiary alicyclic amines) is 1. The minimum Gasteiger partial charge on any atom is -0.357 e. The normalized spacial score (nSPS) is 16.6. The van der Waals surface area contributed by atoms with Crippen molar-refractivity contribution in [1.82, 2.24) is 19.8 Å². The molecule has 0 aliphatic carbocycles. The highest BCUT2D eigenvalue weighted by atomic mass is 127. The van der Waals surface area contributed by atoms with E-state index in [4.69, 9.17) is 0 Å². The number of piperidine rings is 1. The van der Waals surface area contributed by atoms with E-state index in [2.05, 4.69) is 20.5 Å². The average molecular weight is 489 g/mol. The van der Waals surface area contributed by atoms with Crippen molar-refractivity contribution in [3.63, 3.8) is 0 Å². The Hall–Kier alpha value is -0.130. The van der Waals surface area contributed by atoms with Gasteiger partial charge in [0.25, 0.3) is 0 Å². The summed E-state index contributed by atoms with van der Waals surface area (Å²) in [5.41, 5.74) is 0. The molecule has 1 saturated heterocycles. The summed E-state index contributed by atoms with van der Waals surface area (Å²) in [6, 6.07) is 0. The fourth-order valence-corrected chi connectivity index (χ4v) is 3.55. The molecule has 1 fully saturated rings. The van der Waals surface area contributed by atoms with E-state index in [0.717, 1.165) is 32.0 Å². The molecule has 1 aliphatic heterocycles. The number of guanidine groups is 1. The molecule has 1 aliphatic rings. The van der Waals surface area contributed by atoms with E-state index in [1.54, 1.807) is 14.0 Å². The first-order valence-electron chi connectivity index (χ1n) is 9.18. The monoisotopic (exact) mass is 489 g/mol. The van der Waals surface area contributed by atoms with Crippen LogP contribution in [0.2, 0.25) is 0 Å². The molecule has 1 rings (SSSR count). The summed E-state index contributed by atoms with van der Waals surface area (Å²) in [6.07, 6.45) is 4.69. The first-order valence-corrected chi connectivity index (χ1v) is 10.8. The molecule has 9 heteroatoms. The Bertz CT molecular complexity index is 467. The van der Waals surface area contributed by atoms with Crippen LogP contribution in [0.3, 0.4) is 0 Å². The first-order chi connectivity index (χ1) is 11.5. The van der Waals surface area contributed by atoms with Crippen molar-refractivity contribution in [2.45, 2.75) is 39.5 Å². The lowest BCUT2D eigenvalue weighted by Gasteiger charge is -2.26. The number of halogens is 1. The zero-order valence-electron chi connectivity index (χ0n) is 16.0. The number of nitrogens with one attached hydrogen (secondary N) is 2. The molecule has 150 valence electrons. The second-order valence-corrected chi connectivity index (χ2v) is 8.53. The molecular formula is C16H36IN5O2S. The Morgan fingerprint density at radius 3 is 2.44 bits per heavy atom. The molecule has 0 aromatic heterocycles. The van der Waals surface area contributed by atoms with Gasteiger partial charge in [-0.05, 0) is 46.2 Å². The first kappa shape index (κ1) is 24.9. The molecule has 0 radical (unpaired) electrons. The van der Waals surface area contributed by atoms with E-state index in [1.165, 1.54) is 36.7 Å². The van der Waals surface area contributed by atoms with Crippen LogP contribution in [0.5, 0.6) is 0 Å². The smallest absolute Gasteiger partial charge is 0.213 e. The lowest BCUT2D eigenvalue weighted by atomic mass is 10.1. The summed E-state index contributed by atoms with van der Waals surface area (Å²) in [7, 11) is -1.46. The summed E-state index contributed by atoms with van der Waals surface area (Å²) < 4.78 is 24.8. The second kappa shape index (κ2) is 14.0. The van der Waals surface area contributed by atoms with Crippen molar-refractivity contribution in [3.8, 4) is 0 Å². The van der Waals surface area contributed by atoms with Gasteiger partial charge in [-0.3, -0.25) is 4.99 Å². The standard InChI is InChI=1S/C16H35N5O2S.HI/c1-4-17-16(19-11-15-21-13-7-6-8-14-21)18-10-9-12-20(3)24(22,23)5-2;/h4-15H2,1-3H3,(H2,17,18,19);1H. The summed E-state index contributed by atoms with van der Waals surface area (Å²) in [4.78, 5) is 7.02. The van der Waals surface area contributed by atoms with Crippen molar-refractivity contribution in [3.05, 3.63) is 0 Å². The molecule has 7 nitrogen and oxygen atoms in total. The van der Waals surface area contributed by atoms with Crippen molar-refractivity contribution in [2.75, 3.05) is 58.6 Å². The predicted molar refractivity (Wildman–Crippen MR) is 116 cm³/mol. The lowest BCUT2D eigenvalue weighted by molar-refractivity contribution is 0.232. The molecule has 0 aromatic rings. The van der Waals surface area contributed by atoms with Crippen LogP contribution in [-0.4, -0.2) is 82.2 Å². The highest BCUT2D eigenvalue weighted by molar-refractivity contribution is 14.0. The van der Waals surface area contributed by atoms with E-state index in [0.29, 0.717) is 13.1 Å². The molecular weight excluding hydrogens is 453 g/mol. The van der Waals surface area contributed by atoms with Crippen molar-refractivity contribution in [2.24, 2.45) is 4.99 Å². The maximum absolute atomic E-state index is 11.7. The molecule has 0 saturated carbocycles. The van der Waals surface area contributed by atoms with Crippen LogP contribution >= 0.6 is 24.0 Å². The maximum atomic E-state index is 11.7. The van der Waals surface area contributed by atoms with Crippen LogP contribution in [0.1, 0.15) is 39.5 Å². The molecule has 1 heterocycles. The van der Waals surface area contributed by atoms with Gasteiger partial charge in [-0.15, -0.1) is 24.0 Å². The zero-order chi connectivity index (χ0) is 17.8. The van der Waals surface area contributed by atoms with Gasteiger partial charge in [0.05, 0.1) is 5.75 Å². The van der Waals surface area contributed by atoms with E-state index in [1.807, 2.05) is 6.92 Å². The third-order valence-electron chi connectivity index (χ3n) is 4.25. The Morgan fingerprint density at radius 2 is 1.84 bits per heavy atom.